The van der Waals surface area contributed by atoms with Crippen molar-refractivity contribution >= 4 is 56.5 Å². The quantitative estimate of drug-likeness (QED) is 0.363. The van der Waals surface area contributed by atoms with Crippen LogP contribution in [0.2, 0.25) is 10.2 Å². The number of hydrogen-bond acceptors (Lipinski definition) is 8. The van der Waals surface area contributed by atoms with Gasteiger partial charge in [-0.15, -0.1) is 10.2 Å². The summed E-state index contributed by atoms with van der Waals surface area (Å²) in [5.41, 5.74) is 0.361. The molecule has 0 radical (unpaired) electrons. The zero-order chi connectivity index (χ0) is 22.6. The van der Waals surface area contributed by atoms with Crippen molar-refractivity contribution in [2.75, 3.05) is 10.0 Å². The van der Waals surface area contributed by atoms with Crippen LogP contribution in [0.1, 0.15) is 6.42 Å². The van der Waals surface area contributed by atoms with Gasteiger partial charge in [-0.05, 0) is 41.3 Å². The van der Waals surface area contributed by atoms with Crippen molar-refractivity contribution in [1.82, 2.24) is 20.0 Å². The number of amides is 1. The lowest BCUT2D eigenvalue weighted by atomic mass is 10.3. The minimum Gasteiger partial charge on any atom is -0.358 e. The maximum atomic E-state index is 12.4. The molecule has 0 aliphatic rings. The number of aryl methyl sites for hydroxylation is 1. The monoisotopic (exact) mass is 485 g/mol. The highest BCUT2D eigenvalue weighted by atomic mass is 35.5. The molecule has 0 spiro atoms. The van der Waals surface area contributed by atoms with E-state index < -0.39 is 26.7 Å². The molecule has 2 N–H and O–H groups in total. The van der Waals surface area contributed by atoms with E-state index in [0.29, 0.717) is 5.69 Å². The Balaban J connectivity index is 1.58. The number of carbonyl (C=O) groups excluding carboxylic acids is 1. The van der Waals surface area contributed by atoms with Gasteiger partial charge in [0.25, 0.3) is 10.0 Å². The van der Waals surface area contributed by atoms with Crippen molar-refractivity contribution < 1.29 is 18.1 Å². The van der Waals surface area contributed by atoms with E-state index in [-0.39, 0.29) is 33.9 Å². The summed E-state index contributed by atoms with van der Waals surface area (Å²) in [4.78, 5) is 22.0. The van der Waals surface area contributed by atoms with Crippen molar-refractivity contribution in [1.29, 1.82) is 0 Å². The molecule has 0 aliphatic heterocycles. The molecule has 1 aromatic carbocycles. The van der Waals surface area contributed by atoms with Crippen LogP contribution in [-0.2, 0) is 21.4 Å². The molecule has 0 bridgehead atoms. The second-order valence-corrected chi connectivity index (χ2v) is 8.47. The predicted octanol–water partition coefficient (Wildman–Crippen LogP) is 2.72. The molecule has 0 aliphatic carbocycles. The lowest BCUT2D eigenvalue weighted by molar-refractivity contribution is -0.389. The van der Waals surface area contributed by atoms with Gasteiger partial charge < -0.3 is 15.4 Å². The van der Waals surface area contributed by atoms with E-state index in [4.69, 9.17) is 23.2 Å². The Bertz CT molecular complexity index is 1210. The first-order chi connectivity index (χ1) is 14.6. The van der Waals surface area contributed by atoms with Gasteiger partial charge >= 0.3 is 5.82 Å². The van der Waals surface area contributed by atoms with Crippen LogP contribution >= 0.6 is 23.2 Å². The van der Waals surface area contributed by atoms with E-state index in [1.165, 1.54) is 47.3 Å². The number of sulfonamides is 1. The minimum atomic E-state index is -3.91. The minimum absolute atomic E-state index is 0.000686. The highest BCUT2D eigenvalue weighted by molar-refractivity contribution is 7.92. The van der Waals surface area contributed by atoms with Crippen LogP contribution < -0.4 is 10.0 Å². The fourth-order valence-corrected chi connectivity index (χ4v) is 3.67. The van der Waals surface area contributed by atoms with Gasteiger partial charge in [-0.1, -0.05) is 23.2 Å². The number of halogens is 2. The van der Waals surface area contributed by atoms with Gasteiger partial charge in [-0.2, -0.15) is 4.68 Å². The van der Waals surface area contributed by atoms with Gasteiger partial charge in [-0.25, -0.2) is 8.42 Å². The third kappa shape index (κ3) is 5.87. The second kappa shape index (κ2) is 9.24. The highest BCUT2D eigenvalue weighted by Gasteiger charge is 2.19. The summed E-state index contributed by atoms with van der Waals surface area (Å²) in [6.07, 6.45) is 1.22. The van der Waals surface area contributed by atoms with Gasteiger partial charge in [0.05, 0.1) is 22.7 Å². The first-order valence-electron chi connectivity index (χ1n) is 8.43. The largest absolute Gasteiger partial charge is 0.408 e. The van der Waals surface area contributed by atoms with E-state index in [2.05, 4.69) is 25.3 Å². The summed E-state index contributed by atoms with van der Waals surface area (Å²) in [7, 11) is -3.91. The smallest absolute Gasteiger partial charge is 0.358 e. The molecular weight excluding hydrogens is 473 g/mol. The molecule has 0 saturated heterocycles. The van der Waals surface area contributed by atoms with Crippen LogP contribution in [0.5, 0.6) is 0 Å². The molecular formula is C16H13Cl2N7O5S. The van der Waals surface area contributed by atoms with Gasteiger partial charge in [-0.3, -0.25) is 9.52 Å². The van der Waals surface area contributed by atoms with E-state index in [9.17, 15) is 23.3 Å². The molecule has 31 heavy (non-hydrogen) atoms. The first-order valence-corrected chi connectivity index (χ1v) is 10.7. The van der Waals surface area contributed by atoms with Crippen LogP contribution in [0.15, 0.2) is 47.5 Å². The number of aromatic nitrogens is 4. The Labute approximate surface area is 185 Å². The summed E-state index contributed by atoms with van der Waals surface area (Å²) in [6.45, 7) is 0.0674. The Morgan fingerprint density at radius 1 is 1.13 bits per heavy atom. The Kier molecular flexibility index (Phi) is 6.68. The van der Waals surface area contributed by atoms with Crippen molar-refractivity contribution in [3.05, 3.63) is 62.9 Å². The lowest BCUT2D eigenvalue weighted by Gasteiger charge is -2.08. The summed E-state index contributed by atoms with van der Waals surface area (Å²) in [5, 5.41) is 24.2. The average Bonchev–Trinajstić information content (AvgIpc) is 3.09. The van der Waals surface area contributed by atoms with Crippen LogP contribution in [0.3, 0.4) is 0 Å². The predicted molar refractivity (Wildman–Crippen MR) is 111 cm³/mol. The van der Waals surface area contributed by atoms with Crippen molar-refractivity contribution in [3.63, 3.8) is 0 Å². The number of nitrogens with one attached hydrogen (secondary N) is 2. The lowest BCUT2D eigenvalue weighted by Crippen LogP contribution is -2.16. The fraction of sp³-hybridized carbons (Fsp3) is 0.125. The number of anilines is 2. The van der Waals surface area contributed by atoms with Gasteiger partial charge in [0.15, 0.2) is 16.0 Å². The molecule has 0 saturated carbocycles. The number of carbonyl (C=O) groups is 1. The number of hydrogen-bond donors (Lipinski definition) is 2. The number of benzene rings is 1. The van der Waals surface area contributed by atoms with E-state index in [0.717, 1.165) is 0 Å². The van der Waals surface area contributed by atoms with Crippen molar-refractivity contribution in [2.24, 2.45) is 0 Å². The topological polar surface area (TPSA) is 162 Å². The fourth-order valence-electron chi connectivity index (χ4n) is 2.35. The third-order valence-electron chi connectivity index (χ3n) is 3.76. The van der Waals surface area contributed by atoms with Crippen LogP contribution in [0.25, 0.3) is 0 Å². The van der Waals surface area contributed by atoms with E-state index in [1.807, 2.05) is 0 Å². The number of rotatable bonds is 8. The van der Waals surface area contributed by atoms with Crippen molar-refractivity contribution in [2.45, 2.75) is 17.9 Å². The van der Waals surface area contributed by atoms with E-state index >= 15 is 0 Å². The molecule has 2 heterocycles. The molecule has 2 aromatic heterocycles. The van der Waals surface area contributed by atoms with Gasteiger partial charge in [0.1, 0.15) is 0 Å². The molecule has 1 amide bonds. The molecule has 0 fully saturated rings. The SMILES string of the molecule is O=C(CCn1cc(Cl)c([N+](=O)[O-])n1)Nc1ccc(S(=O)(=O)Nc2ccc(Cl)nn2)cc1. The van der Waals surface area contributed by atoms with Crippen LogP contribution in [-0.4, -0.2) is 39.2 Å². The number of nitro groups is 1. The highest BCUT2D eigenvalue weighted by Crippen LogP contribution is 2.21. The van der Waals surface area contributed by atoms with Crippen LogP contribution in [0, 0.1) is 10.1 Å². The Morgan fingerprint density at radius 3 is 2.42 bits per heavy atom. The maximum Gasteiger partial charge on any atom is 0.408 e. The van der Waals surface area contributed by atoms with Gasteiger partial charge in [0, 0.05) is 12.1 Å². The second-order valence-electron chi connectivity index (χ2n) is 5.99. The third-order valence-corrected chi connectivity index (χ3v) is 5.60. The van der Waals surface area contributed by atoms with Crippen LogP contribution in [0.4, 0.5) is 17.3 Å². The zero-order valence-electron chi connectivity index (χ0n) is 15.4. The normalized spacial score (nSPS) is 11.2. The summed E-state index contributed by atoms with van der Waals surface area (Å²) in [5.74, 6) is -0.891. The van der Waals surface area contributed by atoms with E-state index in [1.54, 1.807) is 0 Å². The molecule has 3 rings (SSSR count). The summed E-state index contributed by atoms with van der Waals surface area (Å²) >= 11 is 11.3. The van der Waals surface area contributed by atoms with Crippen molar-refractivity contribution in [3.8, 4) is 0 Å². The summed E-state index contributed by atoms with van der Waals surface area (Å²) in [6, 6.07) is 8.18. The molecule has 0 atom stereocenters. The molecule has 0 unspecified atom stereocenters. The average molecular weight is 486 g/mol. The molecule has 12 nitrogen and oxygen atoms in total. The molecule has 162 valence electrons. The summed E-state index contributed by atoms with van der Waals surface area (Å²) < 4.78 is 28.2. The zero-order valence-corrected chi connectivity index (χ0v) is 17.7. The Hall–Kier alpha value is -3.29. The number of nitrogens with zero attached hydrogens (tertiary/aromatic N) is 5. The first kappa shape index (κ1) is 22.4. The molecule has 3 aromatic rings. The van der Waals surface area contributed by atoms with Gasteiger partial charge in [0.2, 0.25) is 5.91 Å². The maximum absolute atomic E-state index is 12.4. The molecule has 15 heteroatoms. The Morgan fingerprint density at radius 2 is 1.84 bits per heavy atom. The standard InChI is InChI=1S/C16H13Cl2N7O5S/c17-12-9-24(22-16(12)25(27)28)8-7-15(26)19-10-1-3-11(4-2-10)31(29,30)23-14-6-5-13(18)20-21-14/h1-6,9H,7-8H2,(H,19,26)(H,21,23).